The Balaban J connectivity index is 1.55. The van der Waals surface area contributed by atoms with Gasteiger partial charge in [-0.2, -0.15) is 0 Å². The van der Waals surface area contributed by atoms with Gasteiger partial charge in [-0.25, -0.2) is 19.6 Å². The number of hydrogen-bond acceptors (Lipinski definition) is 7. The SMILES string of the molecule is CN(Cc1cc(Cl)nc(Oc2ccc(N3CCC(NC(=O)OC(C)(C)C)CC3)nc2)c1)C(=O)O. The van der Waals surface area contributed by atoms with Gasteiger partial charge in [0.2, 0.25) is 5.88 Å². The second-order valence-electron chi connectivity index (χ2n) is 9.14. The van der Waals surface area contributed by atoms with Gasteiger partial charge in [-0.15, -0.1) is 0 Å². The van der Waals surface area contributed by atoms with E-state index in [4.69, 9.17) is 26.2 Å². The van der Waals surface area contributed by atoms with Gasteiger partial charge in [-0.3, -0.25) is 0 Å². The van der Waals surface area contributed by atoms with E-state index in [0.29, 0.717) is 11.3 Å². The minimum Gasteiger partial charge on any atom is -0.465 e. The highest BCUT2D eigenvalue weighted by molar-refractivity contribution is 6.29. The Labute approximate surface area is 203 Å². The molecule has 3 heterocycles. The van der Waals surface area contributed by atoms with Crippen LogP contribution >= 0.6 is 11.6 Å². The molecule has 2 aromatic rings. The Morgan fingerprint density at radius 1 is 1.26 bits per heavy atom. The van der Waals surface area contributed by atoms with Crippen LogP contribution in [0.1, 0.15) is 39.2 Å². The molecule has 10 nitrogen and oxygen atoms in total. The Kier molecular flexibility index (Phi) is 8.03. The molecule has 0 unspecified atom stereocenters. The van der Waals surface area contributed by atoms with Crippen molar-refractivity contribution < 1.29 is 24.2 Å². The fourth-order valence-corrected chi connectivity index (χ4v) is 3.70. The Bertz CT molecular complexity index is 1000. The molecule has 0 saturated carbocycles. The molecule has 3 rings (SSSR count). The van der Waals surface area contributed by atoms with E-state index in [1.807, 2.05) is 26.8 Å². The van der Waals surface area contributed by atoms with Crippen LogP contribution in [0.15, 0.2) is 30.5 Å². The molecule has 2 amide bonds. The highest BCUT2D eigenvalue weighted by Gasteiger charge is 2.24. The molecule has 0 aromatic carbocycles. The zero-order chi connectivity index (χ0) is 24.9. The number of amides is 2. The summed E-state index contributed by atoms with van der Waals surface area (Å²) in [5.41, 5.74) is 0.141. The second kappa shape index (κ2) is 10.8. The molecule has 0 atom stereocenters. The van der Waals surface area contributed by atoms with Crippen molar-refractivity contribution in [1.82, 2.24) is 20.2 Å². The molecule has 1 fully saturated rings. The molecule has 2 N–H and O–H groups in total. The fraction of sp³-hybridized carbons (Fsp3) is 0.478. The van der Waals surface area contributed by atoms with Crippen molar-refractivity contribution in [1.29, 1.82) is 0 Å². The maximum Gasteiger partial charge on any atom is 0.407 e. The molecular formula is C23H30ClN5O5. The van der Waals surface area contributed by atoms with E-state index in [0.717, 1.165) is 36.6 Å². The summed E-state index contributed by atoms with van der Waals surface area (Å²) in [7, 11) is 1.47. The monoisotopic (exact) mass is 491 g/mol. The predicted molar refractivity (Wildman–Crippen MR) is 128 cm³/mol. The van der Waals surface area contributed by atoms with Crippen LogP contribution in [0, 0.1) is 0 Å². The molecule has 1 aliphatic rings. The first-order valence-electron chi connectivity index (χ1n) is 11.0. The Hall–Kier alpha value is -3.27. The number of piperidine rings is 1. The summed E-state index contributed by atoms with van der Waals surface area (Å²) in [6.45, 7) is 7.19. The number of nitrogens with zero attached hydrogens (tertiary/aromatic N) is 4. The summed E-state index contributed by atoms with van der Waals surface area (Å²) in [5, 5.41) is 12.2. The number of ether oxygens (including phenoxy) is 2. The molecule has 0 aliphatic carbocycles. The van der Waals surface area contributed by atoms with Gasteiger partial charge < -0.3 is 29.7 Å². The number of nitrogens with one attached hydrogen (secondary N) is 1. The number of rotatable bonds is 6. The second-order valence-corrected chi connectivity index (χ2v) is 9.52. The zero-order valence-corrected chi connectivity index (χ0v) is 20.5. The first-order valence-corrected chi connectivity index (χ1v) is 11.4. The quantitative estimate of drug-likeness (QED) is 0.566. The fourth-order valence-electron chi connectivity index (χ4n) is 3.48. The normalized spacial score (nSPS) is 14.4. The summed E-state index contributed by atoms with van der Waals surface area (Å²) in [6, 6.07) is 6.95. The van der Waals surface area contributed by atoms with E-state index >= 15 is 0 Å². The van der Waals surface area contributed by atoms with Crippen LogP contribution in [-0.4, -0.2) is 63.9 Å². The topological polar surface area (TPSA) is 117 Å². The molecule has 2 aromatic heterocycles. The molecule has 0 bridgehead atoms. The number of carboxylic acid groups (broad SMARTS) is 1. The van der Waals surface area contributed by atoms with Gasteiger partial charge in [0.15, 0.2) is 0 Å². The van der Waals surface area contributed by atoms with Crippen LogP contribution in [-0.2, 0) is 11.3 Å². The van der Waals surface area contributed by atoms with Crippen LogP contribution in [0.3, 0.4) is 0 Å². The van der Waals surface area contributed by atoms with Gasteiger partial charge in [-0.1, -0.05) is 11.6 Å². The third kappa shape index (κ3) is 7.65. The van der Waals surface area contributed by atoms with E-state index in [9.17, 15) is 9.59 Å². The minimum atomic E-state index is -1.04. The van der Waals surface area contributed by atoms with Crippen molar-refractivity contribution in [2.24, 2.45) is 0 Å². The van der Waals surface area contributed by atoms with Crippen LogP contribution in [0.5, 0.6) is 11.6 Å². The maximum atomic E-state index is 12.0. The van der Waals surface area contributed by atoms with Gasteiger partial charge in [0.1, 0.15) is 22.3 Å². The molecule has 184 valence electrons. The van der Waals surface area contributed by atoms with Crippen LogP contribution in [0.25, 0.3) is 0 Å². The third-order valence-electron chi connectivity index (χ3n) is 5.06. The smallest absolute Gasteiger partial charge is 0.407 e. The van der Waals surface area contributed by atoms with Gasteiger partial charge in [-0.05, 0) is 57.4 Å². The molecule has 0 radical (unpaired) electrons. The summed E-state index contributed by atoms with van der Waals surface area (Å²) in [6.07, 6.45) is 1.75. The molecular weight excluding hydrogens is 462 g/mol. The highest BCUT2D eigenvalue weighted by Crippen LogP contribution is 2.25. The first kappa shape index (κ1) is 25.4. The molecule has 1 saturated heterocycles. The Morgan fingerprint density at radius 3 is 2.56 bits per heavy atom. The summed E-state index contributed by atoms with van der Waals surface area (Å²) in [5.74, 6) is 1.55. The number of halogens is 1. The lowest BCUT2D eigenvalue weighted by molar-refractivity contribution is 0.0497. The van der Waals surface area contributed by atoms with Gasteiger partial charge in [0, 0.05) is 38.8 Å². The lowest BCUT2D eigenvalue weighted by Crippen LogP contribution is -2.46. The summed E-state index contributed by atoms with van der Waals surface area (Å²) >= 11 is 6.07. The van der Waals surface area contributed by atoms with E-state index in [1.54, 1.807) is 24.4 Å². The summed E-state index contributed by atoms with van der Waals surface area (Å²) in [4.78, 5) is 34.9. The number of aromatic nitrogens is 2. The van der Waals surface area contributed by atoms with Crippen molar-refractivity contribution in [3.05, 3.63) is 41.2 Å². The molecule has 34 heavy (non-hydrogen) atoms. The highest BCUT2D eigenvalue weighted by atomic mass is 35.5. The van der Waals surface area contributed by atoms with Crippen molar-refractivity contribution in [3.63, 3.8) is 0 Å². The van der Waals surface area contributed by atoms with E-state index in [2.05, 4.69) is 20.2 Å². The van der Waals surface area contributed by atoms with E-state index in [-0.39, 0.29) is 23.6 Å². The molecule has 0 spiro atoms. The van der Waals surface area contributed by atoms with Crippen molar-refractivity contribution in [3.8, 4) is 11.6 Å². The summed E-state index contributed by atoms with van der Waals surface area (Å²) < 4.78 is 11.1. The van der Waals surface area contributed by atoms with Crippen molar-refractivity contribution in [2.75, 3.05) is 25.0 Å². The van der Waals surface area contributed by atoms with Gasteiger partial charge in [0.05, 0.1) is 6.20 Å². The van der Waals surface area contributed by atoms with Crippen molar-refractivity contribution in [2.45, 2.75) is 51.8 Å². The van der Waals surface area contributed by atoms with Crippen LogP contribution in [0.2, 0.25) is 5.15 Å². The number of anilines is 1. The molecule has 1 aliphatic heterocycles. The number of alkyl carbamates (subject to hydrolysis) is 1. The third-order valence-corrected chi connectivity index (χ3v) is 5.25. The number of hydrogen-bond donors (Lipinski definition) is 2. The van der Waals surface area contributed by atoms with E-state index in [1.165, 1.54) is 7.05 Å². The van der Waals surface area contributed by atoms with Crippen LogP contribution < -0.4 is 15.0 Å². The number of carbonyl (C=O) groups excluding carboxylic acids is 1. The van der Waals surface area contributed by atoms with E-state index < -0.39 is 17.8 Å². The number of pyridine rings is 2. The standard InChI is InChI=1S/C23H30ClN5O5/c1-23(2,3)34-21(30)26-16-7-9-29(10-8-16)19-6-5-17(13-25-19)33-20-12-15(11-18(24)27-20)14-28(4)22(31)32/h5-6,11-13,16H,7-10,14H2,1-4H3,(H,26,30)(H,31,32). The predicted octanol–water partition coefficient (Wildman–Crippen LogP) is 4.53. The first-order chi connectivity index (χ1) is 16.0. The lowest BCUT2D eigenvalue weighted by Gasteiger charge is -2.33. The lowest BCUT2D eigenvalue weighted by atomic mass is 10.1. The van der Waals surface area contributed by atoms with Crippen LogP contribution in [0.4, 0.5) is 15.4 Å². The largest absolute Gasteiger partial charge is 0.465 e. The zero-order valence-electron chi connectivity index (χ0n) is 19.7. The Morgan fingerprint density at radius 2 is 1.97 bits per heavy atom. The van der Waals surface area contributed by atoms with Crippen molar-refractivity contribution >= 4 is 29.6 Å². The average Bonchev–Trinajstić information content (AvgIpc) is 2.73. The van der Waals surface area contributed by atoms with Gasteiger partial charge >= 0.3 is 12.2 Å². The average molecular weight is 492 g/mol. The number of carbonyl (C=O) groups is 2. The minimum absolute atomic E-state index is 0.0666. The maximum absolute atomic E-state index is 12.0. The molecule has 11 heteroatoms. The van der Waals surface area contributed by atoms with Gasteiger partial charge in [0.25, 0.3) is 0 Å².